The number of hydrogen-bond donors (Lipinski definition) is 0. The van der Waals surface area contributed by atoms with Gasteiger partial charge in [0.05, 0.1) is 10.8 Å². The fraction of sp³-hybridized carbons (Fsp3) is 0.412. The molecule has 148 valence electrons. The van der Waals surface area contributed by atoms with E-state index in [4.69, 9.17) is 4.42 Å². The van der Waals surface area contributed by atoms with Crippen molar-refractivity contribution in [2.75, 3.05) is 13.1 Å². The number of benzene rings is 1. The number of para-hydroxylation sites is 2. The van der Waals surface area contributed by atoms with E-state index in [9.17, 15) is 18.0 Å². The number of likely N-dealkylation sites (tertiary alicyclic amines) is 1. The summed E-state index contributed by atoms with van der Waals surface area (Å²) >= 11 is 0. The van der Waals surface area contributed by atoms with E-state index in [1.54, 1.807) is 36.2 Å². The van der Waals surface area contributed by atoms with Crippen LogP contribution >= 0.6 is 0 Å². The number of rotatable bonds is 4. The molecule has 0 bridgehead atoms. The molecule has 10 nitrogen and oxygen atoms in total. The first-order chi connectivity index (χ1) is 13.4. The Morgan fingerprint density at radius 2 is 1.96 bits per heavy atom. The third kappa shape index (κ3) is 3.11. The Kier molecular flexibility index (Phi) is 4.53. The molecule has 3 aromatic rings. The standard InChI is InChI=1S/C17H19N5O5S/c1-20-11-18-19-16(20)28(25,26)12-6-8-21(9-7-12)15(23)10-22-13-4-2-3-5-14(13)27-17(22)24/h2-5,11-12H,6-10H2,1H3. The minimum absolute atomic E-state index is 0.0614. The SMILES string of the molecule is Cn1cnnc1S(=O)(=O)C1CCN(C(=O)Cn2c(=O)oc3ccccc32)CC1. The van der Waals surface area contributed by atoms with E-state index in [0.717, 1.165) is 0 Å². The molecule has 2 aromatic heterocycles. The zero-order valence-corrected chi connectivity index (χ0v) is 16.0. The maximum atomic E-state index is 12.7. The van der Waals surface area contributed by atoms with Gasteiger partial charge in [0.25, 0.3) is 0 Å². The van der Waals surface area contributed by atoms with Crippen LogP contribution in [0.2, 0.25) is 0 Å². The van der Waals surface area contributed by atoms with Gasteiger partial charge in [0.15, 0.2) is 5.58 Å². The second-order valence-electron chi connectivity index (χ2n) is 6.77. The first-order valence-corrected chi connectivity index (χ1v) is 10.4. The number of oxazole rings is 1. The first kappa shape index (κ1) is 18.4. The third-order valence-electron chi connectivity index (χ3n) is 5.02. The van der Waals surface area contributed by atoms with Crippen molar-refractivity contribution in [1.29, 1.82) is 0 Å². The van der Waals surface area contributed by atoms with E-state index in [1.807, 2.05) is 0 Å². The monoisotopic (exact) mass is 405 g/mol. The van der Waals surface area contributed by atoms with Crippen molar-refractivity contribution in [2.45, 2.75) is 29.8 Å². The number of piperidine rings is 1. The highest BCUT2D eigenvalue weighted by atomic mass is 32.2. The number of aryl methyl sites for hydroxylation is 1. The molecule has 0 radical (unpaired) electrons. The Morgan fingerprint density at radius 1 is 1.25 bits per heavy atom. The number of carbonyl (C=O) groups excluding carboxylic acids is 1. The summed E-state index contributed by atoms with van der Waals surface area (Å²) in [4.78, 5) is 26.3. The lowest BCUT2D eigenvalue weighted by atomic mass is 10.1. The summed E-state index contributed by atoms with van der Waals surface area (Å²) in [6, 6.07) is 6.90. The number of carbonyl (C=O) groups is 1. The van der Waals surface area contributed by atoms with E-state index in [1.165, 1.54) is 15.5 Å². The summed E-state index contributed by atoms with van der Waals surface area (Å²) in [5, 5.41) is 6.65. The lowest BCUT2D eigenvalue weighted by molar-refractivity contribution is -0.132. The van der Waals surface area contributed by atoms with Crippen molar-refractivity contribution in [3.63, 3.8) is 0 Å². The van der Waals surface area contributed by atoms with E-state index in [0.29, 0.717) is 37.0 Å². The maximum Gasteiger partial charge on any atom is 0.420 e. The van der Waals surface area contributed by atoms with Crippen LogP contribution in [0.3, 0.4) is 0 Å². The topological polar surface area (TPSA) is 120 Å². The summed E-state index contributed by atoms with van der Waals surface area (Å²) in [6.07, 6.45) is 1.96. The quantitative estimate of drug-likeness (QED) is 0.607. The summed E-state index contributed by atoms with van der Waals surface area (Å²) in [7, 11) is -2.02. The van der Waals surface area contributed by atoms with E-state index < -0.39 is 20.8 Å². The summed E-state index contributed by atoms with van der Waals surface area (Å²) < 4.78 is 33.2. The predicted molar refractivity (Wildman–Crippen MR) is 98.3 cm³/mol. The smallest absolute Gasteiger partial charge is 0.408 e. The van der Waals surface area contributed by atoms with Gasteiger partial charge < -0.3 is 13.9 Å². The summed E-state index contributed by atoms with van der Waals surface area (Å²) in [6.45, 7) is 0.451. The Hall–Kier alpha value is -2.95. The zero-order valence-electron chi connectivity index (χ0n) is 15.2. The van der Waals surface area contributed by atoms with Crippen molar-refractivity contribution >= 4 is 26.8 Å². The van der Waals surface area contributed by atoms with Crippen LogP contribution in [0.5, 0.6) is 0 Å². The van der Waals surface area contributed by atoms with Crippen molar-refractivity contribution in [3.05, 3.63) is 41.1 Å². The van der Waals surface area contributed by atoms with Crippen molar-refractivity contribution < 1.29 is 17.6 Å². The van der Waals surface area contributed by atoms with Crippen LogP contribution in [0.1, 0.15) is 12.8 Å². The Labute approximate surface area is 160 Å². The van der Waals surface area contributed by atoms with Crippen LogP contribution in [0.15, 0.2) is 45.0 Å². The van der Waals surface area contributed by atoms with Gasteiger partial charge in [-0.3, -0.25) is 9.36 Å². The second kappa shape index (κ2) is 6.89. The highest BCUT2D eigenvalue weighted by Gasteiger charge is 2.35. The summed E-state index contributed by atoms with van der Waals surface area (Å²) in [5.41, 5.74) is 0.981. The zero-order chi connectivity index (χ0) is 19.9. The van der Waals surface area contributed by atoms with Crippen LogP contribution in [-0.2, 0) is 28.2 Å². The average molecular weight is 405 g/mol. The van der Waals surface area contributed by atoms with Gasteiger partial charge in [-0.05, 0) is 25.0 Å². The lowest BCUT2D eigenvalue weighted by Gasteiger charge is -2.31. The fourth-order valence-electron chi connectivity index (χ4n) is 3.49. The molecule has 1 aliphatic rings. The van der Waals surface area contributed by atoms with Gasteiger partial charge in [-0.1, -0.05) is 12.1 Å². The number of nitrogens with zero attached hydrogens (tertiary/aromatic N) is 5. The molecular weight excluding hydrogens is 386 g/mol. The highest BCUT2D eigenvalue weighted by molar-refractivity contribution is 7.91. The van der Waals surface area contributed by atoms with Gasteiger partial charge >= 0.3 is 5.76 Å². The Bertz CT molecular complexity index is 1180. The third-order valence-corrected chi connectivity index (χ3v) is 7.25. The normalized spacial score (nSPS) is 16.0. The number of amides is 1. The molecule has 11 heteroatoms. The maximum absolute atomic E-state index is 12.7. The van der Waals surface area contributed by atoms with Crippen LogP contribution in [0, 0.1) is 0 Å². The minimum Gasteiger partial charge on any atom is -0.408 e. The molecular formula is C17H19N5O5S. The van der Waals surface area contributed by atoms with Crippen LogP contribution in [-0.4, -0.2) is 56.9 Å². The molecule has 1 amide bonds. The molecule has 0 atom stereocenters. The molecule has 0 aliphatic carbocycles. The van der Waals surface area contributed by atoms with Gasteiger partial charge in [0, 0.05) is 20.1 Å². The second-order valence-corrected chi connectivity index (χ2v) is 8.89. The van der Waals surface area contributed by atoms with Gasteiger partial charge in [-0.2, -0.15) is 0 Å². The molecule has 1 saturated heterocycles. The molecule has 0 unspecified atom stereocenters. The molecule has 1 aliphatic heterocycles. The molecule has 3 heterocycles. The van der Waals surface area contributed by atoms with Gasteiger partial charge in [0.1, 0.15) is 12.9 Å². The largest absolute Gasteiger partial charge is 0.420 e. The average Bonchev–Trinajstić information content (AvgIpc) is 3.25. The Morgan fingerprint density at radius 3 is 2.64 bits per heavy atom. The minimum atomic E-state index is -3.60. The number of fused-ring (bicyclic) bond motifs is 1. The van der Waals surface area contributed by atoms with Crippen molar-refractivity contribution in [1.82, 2.24) is 24.2 Å². The molecule has 0 spiro atoms. The van der Waals surface area contributed by atoms with E-state index in [2.05, 4.69) is 10.2 Å². The van der Waals surface area contributed by atoms with Crippen molar-refractivity contribution in [2.24, 2.45) is 7.05 Å². The molecule has 4 rings (SSSR count). The van der Waals surface area contributed by atoms with Gasteiger partial charge in [0.2, 0.25) is 20.9 Å². The first-order valence-electron chi connectivity index (χ1n) is 8.82. The van der Waals surface area contributed by atoms with Gasteiger partial charge in [-0.15, -0.1) is 10.2 Å². The van der Waals surface area contributed by atoms with Crippen molar-refractivity contribution in [3.8, 4) is 0 Å². The number of hydrogen-bond acceptors (Lipinski definition) is 7. The summed E-state index contributed by atoms with van der Waals surface area (Å²) in [5.74, 6) is -0.836. The van der Waals surface area contributed by atoms with Crippen LogP contribution in [0.25, 0.3) is 11.1 Å². The molecule has 1 aromatic carbocycles. The van der Waals surface area contributed by atoms with Gasteiger partial charge in [-0.25, -0.2) is 13.2 Å². The van der Waals surface area contributed by atoms with Crippen LogP contribution < -0.4 is 5.76 Å². The number of sulfone groups is 1. The molecule has 1 fully saturated rings. The Balaban J connectivity index is 1.45. The predicted octanol–water partition coefficient (Wildman–Crippen LogP) is 0.188. The van der Waals surface area contributed by atoms with Crippen LogP contribution in [0.4, 0.5) is 0 Å². The molecule has 0 saturated carbocycles. The molecule has 28 heavy (non-hydrogen) atoms. The highest BCUT2D eigenvalue weighted by Crippen LogP contribution is 2.23. The fourth-order valence-corrected chi connectivity index (χ4v) is 5.23. The lowest BCUT2D eigenvalue weighted by Crippen LogP contribution is -2.44. The number of aromatic nitrogens is 4. The van der Waals surface area contributed by atoms with E-state index in [-0.39, 0.29) is 17.6 Å². The van der Waals surface area contributed by atoms with E-state index >= 15 is 0 Å². The molecule has 0 N–H and O–H groups in total.